The SMILES string of the molecule is C=CCC(C)c1nnc(C(N)=O)s1. The third-order valence-electron chi connectivity index (χ3n) is 1.59. The Morgan fingerprint density at radius 1 is 1.77 bits per heavy atom. The predicted octanol–water partition coefficient (Wildman–Crippen LogP) is 1.32. The second kappa shape index (κ2) is 4.13. The molecule has 13 heavy (non-hydrogen) atoms. The van der Waals surface area contributed by atoms with Crippen molar-refractivity contribution in [3.8, 4) is 0 Å². The molecule has 0 bridgehead atoms. The van der Waals surface area contributed by atoms with Gasteiger partial charge in [-0.3, -0.25) is 4.79 Å². The number of rotatable bonds is 4. The van der Waals surface area contributed by atoms with Crippen LogP contribution in [0.15, 0.2) is 12.7 Å². The molecule has 1 atom stereocenters. The molecule has 0 aliphatic heterocycles. The topological polar surface area (TPSA) is 68.9 Å². The van der Waals surface area contributed by atoms with Crippen LogP contribution in [0.2, 0.25) is 0 Å². The third kappa shape index (κ3) is 2.35. The zero-order valence-electron chi connectivity index (χ0n) is 7.36. The van der Waals surface area contributed by atoms with Crippen molar-refractivity contribution in [1.29, 1.82) is 0 Å². The molecule has 0 aliphatic carbocycles. The molecule has 70 valence electrons. The standard InChI is InChI=1S/C8H11N3OS/c1-3-4-5(2)7-10-11-8(13-7)6(9)12/h3,5H,1,4H2,2H3,(H2,9,12). The summed E-state index contributed by atoms with van der Waals surface area (Å²) in [5.41, 5.74) is 5.05. The Bertz CT molecular complexity index is 321. The molecule has 0 fully saturated rings. The van der Waals surface area contributed by atoms with E-state index < -0.39 is 5.91 Å². The monoisotopic (exact) mass is 197 g/mol. The summed E-state index contributed by atoms with van der Waals surface area (Å²) in [7, 11) is 0. The normalized spacial score (nSPS) is 12.4. The number of carbonyl (C=O) groups is 1. The zero-order valence-corrected chi connectivity index (χ0v) is 8.17. The lowest BCUT2D eigenvalue weighted by atomic mass is 10.1. The first-order valence-corrected chi connectivity index (χ1v) is 4.71. The number of aromatic nitrogens is 2. The molecular weight excluding hydrogens is 186 g/mol. The van der Waals surface area contributed by atoms with E-state index in [1.165, 1.54) is 11.3 Å². The van der Waals surface area contributed by atoms with E-state index in [1.807, 2.05) is 13.0 Å². The van der Waals surface area contributed by atoms with Crippen molar-refractivity contribution in [1.82, 2.24) is 10.2 Å². The summed E-state index contributed by atoms with van der Waals surface area (Å²) >= 11 is 1.24. The summed E-state index contributed by atoms with van der Waals surface area (Å²) in [4.78, 5) is 10.7. The first-order chi connectivity index (χ1) is 6.15. The highest BCUT2D eigenvalue weighted by atomic mass is 32.1. The highest BCUT2D eigenvalue weighted by Crippen LogP contribution is 2.22. The van der Waals surface area contributed by atoms with Crippen LogP contribution in [0.5, 0.6) is 0 Å². The van der Waals surface area contributed by atoms with Crippen molar-refractivity contribution in [2.75, 3.05) is 0 Å². The Kier molecular flexibility index (Phi) is 3.13. The molecule has 2 N–H and O–H groups in total. The number of nitrogens with zero attached hydrogens (tertiary/aromatic N) is 2. The van der Waals surface area contributed by atoms with E-state index in [0.717, 1.165) is 11.4 Å². The zero-order chi connectivity index (χ0) is 9.84. The Labute approximate surface area is 80.5 Å². The van der Waals surface area contributed by atoms with E-state index in [0.29, 0.717) is 0 Å². The molecule has 0 saturated heterocycles. The van der Waals surface area contributed by atoms with Crippen molar-refractivity contribution in [2.24, 2.45) is 5.73 Å². The molecule has 1 unspecified atom stereocenters. The number of nitrogens with two attached hydrogens (primary N) is 1. The largest absolute Gasteiger partial charge is 0.363 e. The third-order valence-corrected chi connectivity index (χ3v) is 2.76. The maximum absolute atomic E-state index is 10.7. The molecule has 4 nitrogen and oxygen atoms in total. The number of primary amides is 1. The van der Waals surface area contributed by atoms with Gasteiger partial charge in [-0.15, -0.1) is 16.8 Å². The second-order valence-electron chi connectivity index (χ2n) is 2.74. The Morgan fingerprint density at radius 3 is 2.92 bits per heavy atom. The fraction of sp³-hybridized carbons (Fsp3) is 0.375. The number of amides is 1. The number of carbonyl (C=O) groups excluding carboxylic acids is 1. The van der Waals surface area contributed by atoms with Gasteiger partial charge in [0, 0.05) is 5.92 Å². The fourth-order valence-electron chi connectivity index (χ4n) is 0.884. The van der Waals surface area contributed by atoms with Crippen LogP contribution in [-0.2, 0) is 0 Å². The van der Waals surface area contributed by atoms with E-state index in [1.54, 1.807) is 0 Å². The van der Waals surface area contributed by atoms with Crippen molar-refractivity contribution in [2.45, 2.75) is 19.3 Å². The van der Waals surface area contributed by atoms with E-state index in [2.05, 4.69) is 16.8 Å². The molecular formula is C8H11N3OS. The molecule has 5 heteroatoms. The molecule has 1 rings (SSSR count). The lowest BCUT2D eigenvalue weighted by Gasteiger charge is -2.00. The van der Waals surface area contributed by atoms with Crippen LogP contribution in [0.4, 0.5) is 0 Å². The minimum Gasteiger partial charge on any atom is -0.363 e. The Balaban J connectivity index is 2.78. The van der Waals surface area contributed by atoms with Crippen molar-refractivity contribution >= 4 is 17.2 Å². The van der Waals surface area contributed by atoms with Gasteiger partial charge in [0.15, 0.2) is 0 Å². The maximum atomic E-state index is 10.7. The first kappa shape index (κ1) is 9.85. The van der Waals surface area contributed by atoms with Gasteiger partial charge in [-0.05, 0) is 6.42 Å². The highest BCUT2D eigenvalue weighted by Gasteiger charge is 2.13. The summed E-state index contributed by atoms with van der Waals surface area (Å²) in [6.45, 7) is 5.64. The molecule has 1 amide bonds. The molecule has 0 spiro atoms. The lowest BCUT2D eigenvalue weighted by molar-refractivity contribution is 0.0999. The van der Waals surface area contributed by atoms with E-state index in [4.69, 9.17) is 5.73 Å². The molecule has 1 aromatic rings. The number of hydrogen-bond acceptors (Lipinski definition) is 4. The van der Waals surface area contributed by atoms with Crippen molar-refractivity contribution < 1.29 is 4.79 Å². The summed E-state index contributed by atoms with van der Waals surface area (Å²) < 4.78 is 0. The van der Waals surface area contributed by atoms with Crippen LogP contribution in [0.3, 0.4) is 0 Å². The molecule has 0 aliphatic rings. The van der Waals surface area contributed by atoms with Gasteiger partial charge < -0.3 is 5.73 Å². The quantitative estimate of drug-likeness (QED) is 0.740. The van der Waals surface area contributed by atoms with Gasteiger partial charge in [0.25, 0.3) is 5.91 Å². The molecule has 0 saturated carbocycles. The molecule has 0 aromatic carbocycles. The summed E-state index contributed by atoms with van der Waals surface area (Å²) in [5.74, 6) is -0.266. The van der Waals surface area contributed by atoms with Crippen LogP contribution in [0, 0.1) is 0 Å². The average Bonchev–Trinajstić information content (AvgIpc) is 2.52. The molecule has 1 heterocycles. The lowest BCUT2D eigenvalue weighted by Crippen LogP contribution is -2.10. The Hall–Kier alpha value is -1.23. The minimum absolute atomic E-state index is 0.253. The van der Waals surface area contributed by atoms with Gasteiger partial charge in [-0.1, -0.05) is 24.3 Å². The number of hydrogen-bond donors (Lipinski definition) is 1. The van der Waals surface area contributed by atoms with E-state index in [9.17, 15) is 4.79 Å². The van der Waals surface area contributed by atoms with Crippen molar-refractivity contribution in [3.63, 3.8) is 0 Å². The first-order valence-electron chi connectivity index (χ1n) is 3.89. The van der Waals surface area contributed by atoms with Gasteiger partial charge in [0.05, 0.1) is 0 Å². The van der Waals surface area contributed by atoms with Crippen LogP contribution in [0.25, 0.3) is 0 Å². The maximum Gasteiger partial charge on any atom is 0.279 e. The van der Waals surface area contributed by atoms with Crippen molar-refractivity contribution in [3.05, 3.63) is 22.7 Å². The summed E-state index contributed by atoms with van der Waals surface area (Å²) in [6.07, 6.45) is 2.64. The highest BCUT2D eigenvalue weighted by molar-refractivity contribution is 7.13. The van der Waals surface area contributed by atoms with E-state index >= 15 is 0 Å². The van der Waals surface area contributed by atoms with E-state index in [-0.39, 0.29) is 10.9 Å². The van der Waals surface area contributed by atoms with Gasteiger partial charge in [-0.2, -0.15) is 0 Å². The van der Waals surface area contributed by atoms with Crippen LogP contribution >= 0.6 is 11.3 Å². The van der Waals surface area contributed by atoms with Crippen LogP contribution < -0.4 is 5.73 Å². The summed E-state index contributed by atoms with van der Waals surface area (Å²) in [6, 6.07) is 0. The number of allylic oxidation sites excluding steroid dienone is 1. The van der Waals surface area contributed by atoms with Gasteiger partial charge in [-0.25, -0.2) is 0 Å². The van der Waals surface area contributed by atoms with Gasteiger partial charge >= 0.3 is 0 Å². The predicted molar refractivity (Wildman–Crippen MR) is 51.7 cm³/mol. The molecule has 1 aromatic heterocycles. The van der Waals surface area contributed by atoms with Gasteiger partial charge in [0.2, 0.25) is 5.01 Å². The van der Waals surface area contributed by atoms with Crippen LogP contribution in [0.1, 0.15) is 34.1 Å². The minimum atomic E-state index is -0.519. The van der Waals surface area contributed by atoms with Crippen LogP contribution in [-0.4, -0.2) is 16.1 Å². The average molecular weight is 197 g/mol. The van der Waals surface area contributed by atoms with Gasteiger partial charge in [0.1, 0.15) is 5.01 Å². The summed E-state index contributed by atoms with van der Waals surface area (Å²) in [5, 5.41) is 8.65. The fourth-order valence-corrected chi connectivity index (χ4v) is 1.64. The smallest absolute Gasteiger partial charge is 0.279 e. The molecule has 0 radical (unpaired) electrons. The second-order valence-corrected chi connectivity index (χ2v) is 3.74. The Morgan fingerprint density at radius 2 is 2.46 bits per heavy atom.